The molecule has 0 aliphatic heterocycles. The minimum Gasteiger partial charge on any atom is -0.322 e. The van der Waals surface area contributed by atoms with Crippen molar-refractivity contribution in [1.82, 2.24) is 29.8 Å². The van der Waals surface area contributed by atoms with E-state index in [2.05, 4.69) is 25.9 Å². The van der Waals surface area contributed by atoms with Crippen molar-refractivity contribution in [3.05, 3.63) is 66.7 Å². The van der Waals surface area contributed by atoms with E-state index in [0.29, 0.717) is 16.9 Å². The maximum absolute atomic E-state index is 12.4. The van der Waals surface area contributed by atoms with Crippen LogP contribution in [0.4, 0.5) is 5.69 Å². The van der Waals surface area contributed by atoms with Gasteiger partial charge in [-0.2, -0.15) is 5.10 Å². The molecule has 4 rings (SSSR count). The molecule has 3 aromatic heterocycles. The highest BCUT2D eigenvalue weighted by Crippen LogP contribution is 2.14. The van der Waals surface area contributed by atoms with E-state index >= 15 is 0 Å². The van der Waals surface area contributed by atoms with Crippen LogP contribution in [-0.4, -0.2) is 35.7 Å². The highest BCUT2D eigenvalue weighted by atomic mass is 16.1. The fraction of sp³-hybridized carbons (Fsp3) is 0. The van der Waals surface area contributed by atoms with Gasteiger partial charge in [-0.25, -0.2) is 9.20 Å². The Kier molecular flexibility index (Phi) is 3.05. The number of aromatic nitrogens is 6. The van der Waals surface area contributed by atoms with Crippen molar-refractivity contribution in [2.45, 2.75) is 0 Å². The van der Waals surface area contributed by atoms with Gasteiger partial charge < -0.3 is 5.32 Å². The molecule has 0 aliphatic rings. The van der Waals surface area contributed by atoms with Crippen LogP contribution in [0.15, 0.2) is 61.2 Å². The number of fused-ring (bicyclic) bond motifs is 1. The average Bonchev–Trinajstić information content (AvgIpc) is 3.26. The van der Waals surface area contributed by atoms with Gasteiger partial charge in [-0.1, -0.05) is 6.07 Å². The second-order valence-electron chi connectivity index (χ2n) is 4.87. The minimum absolute atomic E-state index is 0.205. The molecule has 8 heteroatoms. The third kappa shape index (κ3) is 2.53. The predicted octanol–water partition coefficient (Wildman–Crippen LogP) is 1.56. The molecule has 1 N–H and O–H groups in total. The van der Waals surface area contributed by atoms with Gasteiger partial charge in [0.05, 0.1) is 11.2 Å². The molecule has 112 valence electrons. The summed E-state index contributed by atoms with van der Waals surface area (Å²) in [6.45, 7) is 0. The zero-order chi connectivity index (χ0) is 15.6. The molecule has 0 saturated carbocycles. The lowest BCUT2D eigenvalue weighted by Crippen LogP contribution is -2.12. The molecule has 0 radical (unpaired) electrons. The molecule has 0 spiro atoms. The molecule has 0 bridgehead atoms. The highest BCUT2D eigenvalue weighted by Gasteiger charge is 2.08. The van der Waals surface area contributed by atoms with Gasteiger partial charge in [0.15, 0.2) is 0 Å². The number of hydrogen-bond donors (Lipinski definition) is 1. The van der Waals surface area contributed by atoms with E-state index in [4.69, 9.17) is 0 Å². The number of hydrogen-bond acceptors (Lipinski definition) is 5. The second kappa shape index (κ2) is 5.34. The van der Waals surface area contributed by atoms with Crippen molar-refractivity contribution in [2.24, 2.45) is 0 Å². The number of rotatable bonds is 3. The van der Waals surface area contributed by atoms with Crippen LogP contribution in [0.2, 0.25) is 0 Å². The minimum atomic E-state index is -0.205. The number of nitrogens with zero attached hydrogens (tertiary/aromatic N) is 6. The molecule has 23 heavy (non-hydrogen) atoms. The molecule has 1 amide bonds. The lowest BCUT2D eigenvalue weighted by atomic mass is 10.2. The van der Waals surface area contributed by atoms with E-state index in [1.54, 1.807) is 41.2 Å². The van der Waals surface area contributed by atoms with Crippen molar-refractivity contribution < 1.29 is 4.79 Å². The molecule has 0 fully saturated rings. The lowest BCUT2D eigenvalue weighted by molar-refractivity contribution is 0.102. The monoisotopic (exact) mass is 305 g/mol. The van der Waals surface area contributed by atoms with Crippen LogP contribution in [0.1, 0.15) is 10.4 Å². The molecule has 0 saturated heterocycles. The number of carbonyl (C=O) groups excluding carboxylic acids is 1. The summed E-state index contributed by atoms with van der Waals surface area (Å²) in [5.41, 5.74) is 2.85. The van der Waals surface area contributed by atoms with Crippen molar-refractivity contribution in [2.75, 3.05) is 5.32 Å². The summed E-state index contributed by atoms with van der Waals surface area (Å²) in [6, 6.07) is 12.6. The third-order valence-electron chi connectivity index (χ3n) is 3.38. The van der Waals surface area contributed by atoms with Gasteiger partial charge in [-0.3, -0.25) is 4.79 Å². The van der Waals surface area contributed by atoms with Crippen LogP contribution in [0.3, 0.4) is 0 Å². The van der Waals surface area contributed by atoms with Gasteiger partial charge >= 0.3 is 0 Å². The Morgan fingerprint density at radius 1 is 1.13 bits per heavy atom. The van der Waals surface area contributed by atoms with Gasteiger partial charge in [0.1, 0.15) is 6.33 Å². The standard InChI is InChI=1S/C15H11N7O/c23-15(18-12-5-7-21-14(9-12)4-6-17-21)11-2-1-3-13(8-11)22-10-16-19-20-22/h1-10H,(H,18,23). The van der Waals surface area contributed by atoms with Gasteiger partial charge in [0.2, 0.25) is 0 Å². The van der Waals surface area contributed by atoms with Crippen LogP contribution >= 0.6 is 0 Å². The summed E-state index contributed by atoms with van der Waals surface area (Å²) in [5, 5.41) is 18.0. The van der Waals surface area contributed by atoms with Crippen LogP contribution in [0.25, 0.3) is 11.2 Å². The SMILES string of the molecule is O=C(Nc1ccn2nccc2c1)c1cccc(-n2cnnn2)c1. The first-order chi connectivity index (χ1) is 11.3. The first-order valence-electron chi connectivity index (χ1n) is 6.88. The first kappa shape index (κ1) is 13.1. The number of amides is 1. The summed E-state index contributed by atoms with van der Waals surface area (Å²) < 4.78 is 3.23. The second-order valence-corrected chi connectivity index (χ2v) is 4.87. The van der Waals surface area contributed by atoms with Crippen molar-refractivity contribution >= 4 is 17.1 Å². The Hall–Kier alpha value is -3.55. The molecule has 0 unspecified atom stereocenters. The highest BCUT2D eigenvalue weighted by molar-refractivity contribution is 6.04. The van der Waals surface area contributed by atoms with E-state index in [-0.39, 0.29) is 5.91 Å². The zero-order valence-electron chi connectivity index (χ0n) is 11.9. The largest absolute Gasteiger partial charge is 0.322 e. The Labute approximate surface area is 130 Å². The van der Waals surface area contributed by atoms with Crippen LogP contribution in [0.5, 0.6) is 0 Å². The number of tetrazole rings is 1. The number of benzene rings is 1. The summed E-state index contributed by atoms with van der Waals surface area (Å²) in [7, 11) is 0. The lowest BCUT2D eigenvalue weighted by Gasteiger charge is -2.07. The fourth-order valence-corrected chi connectivity index (χ4v) is 2.27. The van der Waals surface area contributed by atoms with Crippen LogP contribution in [-0.2, 0) is 0 Å². The predicted molar refractivity (Wildman–Crippen MR) is 82.3 cm³/mol. The first-order valence-corrected chi connectivity index (χ1v) is 6.88. The number of carbonyl (C=O) groups is 1. The molecule has 0 atom stereocenters. The quantitative estimate of drug-likeness (QED) is 0.620. The molecular weight excluding hydrogens is 294 g/mol. The molecule has 1 aromatic carbocycles. The molecule has 3 heterocycles. The molecule has 4 aromatic rings. The third-order valence-corrected chi connectivity index (χ3v) is 3.38. The van der Waals surface area contributed by atoms with Crippen molar-refractivity contribution in [3.8, 4) is 5.69 Å². The molecule has 8 nitrogen and oxygen atoms in total. The van der Waals surface area contributed by atoms with E-state index in [1.165, 1.54) is 11.0 Å². The van der Waals surface area contributed by atoms with Gasteiger partial charge in [0, 0.05) is 23.6 Å². The van der Waals surface area contributed by atoms with E-state index in [1.807, 2.05) is 18.2 Å². The zero-order valence-corrected chi connectivity index (χ0v) is 11.9. The smallest absolute Gasteiger partial charge is 0.255 e. The number of anilines is 1. The van der Waals surface area contributed by atoms with Crippen LogP contribution in [0, 0.1) is 0 Å². The maximum Gasteiger partial charge on any atom is 0.255 e. The number of pyridine rings is 1. The van der Waals surface area contributed by atoms with Crippen LogP contribution < -0.4 is 5.32 Å². The average molecular weight is 305 g/mol. The summed E-state index contributed by atoms with van der Waals surface area (Å²) >= 11 is 0. The van der Waals surface area contributed by atoms with Gasteiger partial charge in [0.25, 0.3) is 5.91 Å². The Bertz CT molecular complexity index is 974. The number of nitrogens with one attached hydrogen (secondary N) is 1. The normalized spacial score (nSPS) is 10.8. The van der Waals surface area contributed by atoms with E-state index in [9.17, 15) is 4.79 Å². The Balaban J connectivity index is 1.60. The maximum atomic E-state index is 12.4. The summed E-state index contributed by atoms with van der Waals surface area (Å²) in [5.74, 6) is -0.205. The summed E-state index contributed by atoms with van der Waals surface area (Å²) in [6.07, 6.45) is 4.98. The van der Waals surface area contributed by atoms with Crippen molar-refractivity contribution in [1.29, 1.82) is 0 Å². The molecular formula is C15H11N7O. The topological polar surface area (TPSA) is 90.0 Å². The Morgan fingerprint density at radius 2 is 2.09 bits per heavy atom. The van der Waals surface area contributed by atoms with Gasteiger partial charge in [-0.15, -0.1) is 5.10 Å². The summed E-state index contributed by atoms with van der Waals surface area (Å²) in [4.78, 5) is 12.4. The Morgan fingerprint density at radius 3 is 2.96 bits per heavy atom. The van der Waals surface area contributed by atoms with E-state index < -0.39 is 0 Å². The van der Waals surface area contributed by atoms with Crippen molar-refractivity contribution in [3.63, 3.8) is 0 Å². The van der Waals surface area contributed by atoms with E-state index in [0.717, 1.165) is 5.52 Å². The molecule has 0 aliphatic carbocycles. The van der Waals surface area contributed by atoms with Gasteiger partial charge in [-0.05, 0) is 46.8 Å². The fourth-order valence-electron chi connectivity index (χ4n) is 2.27.